The van der Waals surface area contributed by atoms with Gasteiger partial charge in [0.15, 0.2) is 0 Å². The van der Waals surface area contributed by atoms with Crippen LogP contribution in [0.1, 0.15) is 0 Å². The van der Waals surface area contributed by atoms with Crippen LogP contribution in [0.5, 0.6) is 5.75 Å². The molecule has 10 nitrogen and oxygen atoms in total. The number of phenolic OH excluding ortho intramolecular Hbond substituents is 1. The Bertz CT molecular complexity index is 1670. The lowest BCUT2D eigenvalue weighted by Gasteiger charge is -2.17. The number of hydrogen-bond donors (Lipinski definition) is 4. The highest BCUT2D eigenvalue weighted by Crippen LogP contribution is 2.45. The molecule has 0 spiro atoms. The first-order valence-corrected chi connectivity index (χ1v) is 11.9. The number of aromatic hydroxyl groups is 1. The highest BCUT2D eigenvalue weighted by Gasteiger charge is 2.27. The van der Waals surface area contributed by atoms with Crippen molar-refractivity contribution in [1.82, 2.24) is 0 Å². The largest absolute Gasteiger partial charge is 0.507 e. The van der Waals surface area contributed by atoms with Crippen LogP contribution < -0.4 is 0 Å². The molecule has 0 aliphatic rings. The van der Waals surface area contributed by atoms with Crippen LogP contribution in [0.3, 0.4) is 0 Å². The number of phenols is 1. The predicted molar refractivity (Wildman–Crippen MR) is 101 cm³/mol. The number of hydrogen-bond acceptors (Lipinski definition) is 7. The maximum absolute atomic E-state index is 11.9. The van der Waals surface area contributed by atoms with Crippen LogP contribution in [-0.4, -0.2) is 44.0 Å². The third-order valence-corrected chi connectivity index (χ3v) is 7.31. The summed E-state index contributed by atoms with van der Waals surface area (Å²) < 4.78 is 99.6. The maximum Gasteiger partial charge on any atom is 0.295 e. The van der Waals surface area contributed by atoms with Crippen molar-refractivity contribution in [2.75, 3.05) is 0 Å². The molecule has 0 bridgehead atoms. The van der Waals surface area contributed by atoms with Gasteiger partial charge in [0.2, 0.25) is 0 Å². The Morgan fingerprint density at radius 1 is 0.517 bits per heavy atom. The quantitative estimate of drug-likeness (QED) is 0.262. The molecule has 152 valence electrons. The molecule has 29 heavy (non-hydrogen) atoms. The van der Waals surface area contributed by atoms with Crippen molar-refractivity contribution in [1.29, 1.82) is 0 Å². The van der Waals surface area contributed by atoms with Crippen molar-refractivity contribution in [3.8, 4) is 5.75 Å². The molecule has 0 radical (unpaired) electrons. The average Bonchev–Trinajstić information content (AvgIpc) is 2.56. The van der Waals surface area contributed by atoms with Crippen molar-refractivity contribution in [2.45, 2.75) is 14.7 Å². The molecule has 4 aromatic carbocycles. The molecular formula is C16H10O10S3. The van der Waals surface area contributed by atoms with Crippen molar-refractivity contribution in [2.24, 2.45) is 0 Å². The van der Waals surface area contributed by atoms with Crippen LogP contribution in [0.25, 0.3) is 32.3 Å². The standard InChI is InChI=1S/C16H10O10S3/c17-11-5-9-12(27(18,19)20)4-2-8-14(29(24,25)26)6-10-13(28(21,22)23)3-1-7(11)15(10)16(8)9/h1-6,17H,(H,18,19,20)(H,21,22,23)(H,24,25,26). The van der Waals surface area contributed by atoms with E-state index in [1.807, 2.05) is 0 Å². The van der Waals surface area contributed by atoms with E-state index in [1.165, 1.54) is 0 Å². The van der Waals surface area contributed by atoms with Gasteiger partial charge in [0.05, 0.1) is 0 Å². The Morgan fingerprint density at radius 2 is 0.931 bits per heavy atom. The Kier molecular flexibility index (Phi) is 3.91. The minimum atomic E-state index is -4.92. The van der Waals surface area contributed by atoms with Gasteiger partial charge >= 0.3 is 0 Å². The van der Waals surface area contributed by atoms with Gasteiger partial charge < -0.3 is 5.11 Å². The van der Waals surface area contributed by atoms with E-state index in [0.29, 0.717) is 0 Å². The third kappa shape index (κ3) is 2.90. The molecule has 0 heterocycles. The Balaban J connectivity index is 2.50. The molecule has 0 amide bonds. The van der Waals surface area contributed by atoms with Gasteiger partial charge in [-0.05, 0) is 30.3 Å². The fraction of sp³-hybridized carbons (Fsp3) is 0. The minimum Gasteiger partial charge on any atom is -0.507 e. The van der Waals surface area contributed by atoms with E-state index >= 15 is 0 Å². The summed E-state index contributed by atoms with van der Waals surface area (Å²) in [5, 5.41) is 9.27. The third-order valence-electron chi connectivity index (χ3n) is 4.59. The molecule has 0 unspecified atom stereocenters. The fourth-order valence-corrected chi connectivity index (χ4v) is 5.60. The molecule has 4 rings (SSSR count). The Labute approximate surface area is 163 Å². The lowest BCUT2D eigenvalue weighted by atomic mass is 9.93. The lowest BCUT2D eigenvalue weighted by Crippen LogP contribution is -2.05. The first kappa shape index (κ1) is 19.8. The van der Waals surface area contributed by atoms with Gasteiger partial charge in [-0.1, -0.05) is 6.07 Å². The molecule has 0 aromatic heterocycles. The van der Waals surface area contributed by atoms with E-state index < -0.39 is 50.8 Å². The maximum atomic E-state index is 11.9. The minimum absolute atomic E-state index is 0.0271. The van der Waals surface area contributed by atoms with Crippen molar-refractivity contribution in [3.63, 3.8) is 0 Å². The zero-order chi connectivity index (χ0) is 21.5. The zero-order valence-electron chi connectivity index (χ0n) is 13.9. The topological polar surface area (TPSA) is 183 Å². The molecule has 13 heteroatoms. The summed E-state index contributed by atoms with van der Waals surface area (Å²) in [6, 6.07) is 5.74. The summed E-state index contributed by atoms with van der Waals surface area (Å²) in [5.74, 6) is -0.485. The summed E-state index contributed by atoms with van der Waals surface area (Å²) >= 11 is 0. The van der Waals surface area contributed by atoms with Crippen LogP contribution in [0.2, 0.25) is 0 Å². The molecule has 0 aliphatic carbocycles. The van der Waals surface area contributed by atoms with Crippen LogP contribution in [0.4, 0.5) is 0 Å². The van der Waals surface area contributed by atoms with E-state index in [4.69, 9.17) is 0 Å². The van der Waals surface area contributed by atoms with E-state index in [0.717, 1.165) is 36.4 Å². The molecule has 0 saturated heterocycles. The van der Waals surface area contributed by atoms with Crippen LogP contribution in [0.15, 0.2) is 51.1 Å². The second kappa shape index (κ2) is 5.75. The molecule has 0 fully saturated rings. The second-order valence-corrected chi connectivity index (χ2v) is 10.4. The summed E-state index contributed by atoms with van der Waals surface area (Å²) in [4.78, 5) is -2.14. The van der Waals surface area contributed by atoms with Gasteiger partial charge in [0.25, 0.3) is 30.4 Å². The van der Waals surface area contributed by atoms with Crippen LogP contribution in [0, 0.1) is 0 Å². The number of rotatable bonds is 3. The Morgan fingerprint density at radius 3 is 1.41 bits per heavy atom. The SMILES string of the molecule is O=S(=O)(O)c1ccc2c(O)cc3c(S(=O)(=O)O)ccc4c(S(=O)(=O)O)cc1c2c43. The molecule has 0 atom stereocenters. The van der Waals surface area contributed by atoms with Crippen LogP contribution in [-0.2, 0) is 30.4 Å². The van der Waals surface area contributed by atoms with E-state index in [1.54, 1.807) is 0 Å². The molecule has 0 aliphatic heterocycles. The summed E-state index contributed by atoms with van der Waals surface area (Å²) in [5.41, 5.74) is 0. The van der Waals surface area contributed by atoms with Crippen molar-refractivity contribution < 1.29 is 44.0 Å². The Hall–Kier alpha value is -2.55. The second-order valence-electron chi connectivity index (χ2n) is 6.26. The van der Waals surface area contributed by atoms with Gasteiger partial charge in [0, 0.05) is 32.3 Å². The van der Waals surface area contributed by atoms with Gasteiger partial charge in [-0.15, -0.1) is 0 Å². The summed E-state index contributed by atoms with van der Waals surface area (Å²) in [6.07, 6.45) is 0. The van der Waals surface area contributed by atoms with Gasteiger partial charge in [-0.2, -0.15) is 25.3 Å². The molecule has 0 saturated carbocycles. The predicted octanol–water partition coefficient (Wildman–Crippen LogP) is 2.03. The first-order chi connectivity index (χ1) is 13.2. The van der Waals surface area contributed by atoms with Crippen LogP contribution >= 0.6 is 0 Å². The van der Waals surface area contributed by atoms with E-state index in [-0.39, 0.29) is 32.3 Å². The lowest BCUT2D eigenvalue weighted by molar-refractivity contribution is 0.479. The highest BCUT2D eigenvalue weighted by atomic mass is 32.2. The summed E-state index contributed by atoms with van der Waals surface area (Å²) in [6.45, 7) is 0. The van der Waals surface area contributed by atoms with E-state index in [9.17, 15) is 44.0 Å². The van der Waals surface area contributed by atoms with Crippen molar-refractivity contribution in [3.05, 3.63) is 36.4 Å². The smallest absolute Gasteiger partial charge is 0.295 e. The van der Waals surface area contributed by atoms with Gasteiger partial charge in [-0.25, -0.2) is 0 Å². The monoisotopic (exact) mass is 458 g/mol. The fourth-order valence-electron chi connectivity index (χ4n) is 3.53. The first-order valence-electron chi connectivity index (χ1n) is 7.61. The van der Waals surface area contributed by atoms with E-state index in [2.05, 4.69) is 0 Å². The normalized spacial score (nSPS) is 13.6. The molecular weight excluding hydrogens is 448 g/mol. The molecule has 4 aromatic rings. The zero-order valence-corrected chi connectivity index (χ0v) is 16.4. The number of benzene rings is 4. The van der Waals surface area contributed by atoms with Gasteiger partial charge in [0.1, 0.15) is 20.4 Å². The van der Waals surface area contributed by atoms with Gasteiger partial charge in [-0.3, -0.25) is 13.7 Å². The highest BCUT2D eigenvalue weighted by molar-refractivity contribution is 7.86. The molecule has 4 N–H and O–H groups in total. The summed E-state index contributed by atoms with van der Waals surface area (Å²) in [7, 11) is -14.6. The van der Waals surface area contributed by atoms with Crippen molar-refractivity contribution >= 4 is 62.7 Å². The average molecular weight is 458 g/mol.